The first kappa shape index (κ1) is 12.6. The van der Waals surface area contributed by atoms with E-state index in [-0.39, 0.29) is 10.7 Å². The summed E-state index contributed by atoms with van der Waals surface area (Å²) in [6.45, 7) is 0.592. The summed E-state index contributed by atoms with van der Waals surface area (Å²) in [7, 11) is 0. The number of carboxylic acid groups (broad SMARTS) is 1. The van der Waals surface area contributed by atoms with Crippen LogP contribution >= 0.6 is 11.6 Å². The summed E-state index contributed by atoms with van der Waals surface area (Å²) in [4.78, 5) is 22.8. The second-order valence-electron chi connectivity index (χ2n) is 4.08. The van der Waals surface area contributed by atoms with Crippen molar-refractivity contribution < 1.29 is 14.8 Å². The number of anilines is 1. The second-order valence-corrected chi connectivity index (χ2v) is 4.49. The van der Waals surface area contributed by atoms with E-state index in [4.69, 9.17) is 16.7 Å². The average Bonchev–Trinajstić information content (AvgIpc) is 2.77. The Morgan fingerprint density at radius 1 is 1.56 bits per heavy atom. The molecule has 6 nitrogen and oxygen atoms in total. The molecular formula is C11H11ClN2O4. The Balaban J connectivity index is 2.33. The summed E-state index contributed by atoms with van der Waals surface area (Å²) >= 11 is 5.98. The predicted octanol–water partition coefficient (Wildman–Crippen LogP) is 2.30. The number of nitrogens with zero attached hydrogens (tertiary/aromatic N) is 2. The number of carboxylic acids is 1. The Kier molecular flexibility index (Phi) is 3.38. The van der Waals surface area contributed by atoms with Gasteiger partial charge in [0, 0.05) is 18.7 Å². The molecule has 7 heteroatoms. The summed E-state index contributed by atoms with van der Waals surface area (Å²) in [6, 6.07) is 3.47. The predicted molar refractivity (Wildman–Crippen MR) is 66.1 cm³/mol. The zero-order chi connectivity index (χ0) is 13.3. The van der Waals surface area contributed by atoms with E-state index >= 15 is 0 Å². The van der Waals surface area contributed by atoms with Gasteiger partial charge in [0.25, 0.3) is 5.69 Å². The van der Waals surface area contributed by atoms with E-state index in [2.05, 4.69) is 0 Å². The lowest BCUT2D eigenvalue weighted by Crippen LogP contribution is -2.36. The zero-order valence-corrected chi connectivity index (χ0v) is 10.1. The first-order valence-electron chi connectivity index (χ1n) is 5.44. The molecule has 2 rings (SSSR count). The molecule has 18 heavy (non-hydrogen) atoms. The van der Waals surface area contributed by atoms with Crippen molar-refractivity contribution in [1.29, 1.82) is 0 Å². The molecule has 1 atom stereocenters. The molecule has 0 radical (unpaired) electrons. The lowest BCUT2D eigenvalue weighted by molar-refractivity contribution is -0.384. The van der Waals surface area contributed by atoms with Gasteiger partial charge in [0.05, 0.1) is 15.6 Å². The molecule has 1 aromatic carbocycles. The Morgan fingerprint density at radius 3 is 2.83 bits per heavy atom. The van der Waals surface area contributed by atoms with Gasteiger partial charge in [0.15, 0.2) is 0 Å². The molecule has 0 amide bonds. The van der Waals surface area contributed by atoms with Crippen molar-refractivity contribution in [2.24, 2.45) is 0 Å². The second kappa shape index (κ2) is 4.81. The quantitative estimate of drug-likeness (QED) is 0.673. The van der Waals surface area contributed by atoms with Crippen molar-refractivity contribution in [2.75, 3.05) is 11.4 Å². The highest BCUT2D eigenvalue weighted by Gasteiger charge is 2.32. The van der Waals surface area contributed by atoms with Gasteiger partial charge in [-0.05, 0) is 18.9 Å². The van der Waals surface area contributed by atoms with Gasteiger partial charge in [-0.1, -0.05) is 11.6 Å². The number of aliphatic carboxylic acids is 1. The van der Waals surface area contributed by atoms with Crippen LogP contribution < -0.4 is 4.90 Å². The minimum atomic E-state index is -0.901. The first-order chi connectivity index (χ1) is 8.50. The smallest absolute Gasteiger partial charge is 0.326 e. The minimum absolute atomic E-state index is 0.102. The van der Waals surface area contributed by atoms with Gasteiger partial charge < -0.3 is 10.0 Å². The molecule has 0 saturated carbocycles. The number of nitro groups is 1. The molecule has 1 unspecified atom stereocenters. The molecule has 0 bridgehead atoms. The minimum Gasteiger partial charge on any atom is -0.480 e. The Labute approximate surface area is 108 Å². The molecular weight excluding hydrogens is 260 g/mol. The molecule has 1 aromatic rings. The summed E-state index contributed by atoms with van der Waals surface area (Å²) in [5.74, 6) is -0.901. The van der Waals surface area contributed by atoms with Crippen LogP contribution in [0.1, 0.15) is 12.8 Å². The van der Waals surface area contributed by atoms with Crippen LogP contribution in [-0.4, -0.2) is 28.6 Å². The third kappa shape index (κ3) is 2.24. The van der Waals surface area contributed by atoms with Crippen molar-refractivity contribution in [1.82, 2.24) is 0 Å². The number of carbonyl (C=O) groups is 1. The van der Waals surface area contributed by atoms with Gasteiger partial charge in [0.1, 0.15) is 6.04 Å². The summed E-state index contributed by atoms with van der Waals surface area (Å²) in [6.07, 6.45) is 1.33. The van der Waals surface area contributed by atoms with Crippen LogP contribution in [0.3, 0.4) is 0 Å². The third-order valence-electron chi connectivity index (χ3n) is 2.99. The average molecular weight is 271 g/mol. The van der Waals surface area contributed by atoms with Gasteiger partial charge in [-0.15, -0.1) is 0 Å². The van der Waals surface area contributed by atoms with Crippen LogP contribution in [0.25, 0.3) is 0 Å². The van der Waals surface area contributed by atoms with E-state index in [1.54, 1.807) is 4.90 Å². The molecule has 0 aromatic heterocycles. The van der Waals surface area contributed by atoms with Gasteiger partial charge in [-0.2, -0.15) is 0 Å². The summed E-state index contributed by atoms with van der Waals surface area (Å²) in [5, 5.41) is 19.9. The van der Waals surface area contributed by atoms with Crippen LogP contribution in [0.15, 0.2) is 18.2 Å². The lowest BCUT2D eigenvalue weighted by Gasteiger charge is -2.24. The maximum atomic E-state index is 11.1. The maximum Gasteiger partial charge on any atom is 0.326 e. The fraction of sp³-hybridized carbons (Fsp3) is 0.364. The molecule has 1 N–H and O–H groups in total. The summed E-state index contributed by atoms with van der Waals surface area (Å²) < 4.78 is 0. The highest BCUT2D eigenvalue weighted by Crippen LogP contribution is 2.34. The largest absolute Gasteiger partial charge is 0.480 e. The maximum absolute atomic E-state index is 11.1. The van der Waals surface area contributed by atoms with E-state index in [0.29, 0.717) is 18.7 Å². The van der Waals surface area contributed by atoms with Crippen molar-refractivity contribution in [3.63, 3.8) is 0 Å². The number of benzene rings is 1. The monoisotopic (exact) mass is 270 g/mol. The molecule has 96 valence electrons. The number of rotatable bonds is 3. The van der Waals surface area contributed by atoms with Crippen LogP contribution in [-0.2, 0) is 4.79 Å². The number of nitro benzene ring substituents is 1. The molecule has 0 aliphatic carbocycles. The fourth-order valence-electron chi connectivity index (χ4n) is 2.15. The SMILES string of the molecule is O=C(O)C1CCCN1c1ccc([N+](=O)[O-])cc1Cl. The fourth-order valence-corrected chi connectivity index (χ4v) is 2.44. The molecule has 0 spiro atoms. The van der Waals surface area contributed by atoms with E-state index in [1.807, 2.05) is 0 Å². The summed E-state index contributed by atoms with van der Waals surface area (Å²) in [5.41, 5.74) is 0.432. The van der Waals surface area contributed by atoms with Crippen LogP contribution in [0.4, 0.5) is 11.4 Å². The van der Waals surface area contributed by atoms with Crippen molar-refractivity contribution in [2.45, 2.75) is 18.9 Å². The zero-order valence-electron chi connectivity index (χ0n) is 9.38. The Bertz CT molecular complexity index is 506. The highest BCUT2D eigenvalue weighted by molar-refractivity contribution is 6.33. The number of hydrogen-bond donors (Lipinski definition) is 1. The molecule has 1 fully saturated rings. The number of hydrogen-bond acceptors (Lipinski definition) is 4. The first-order valence-corrected chi connectivity index (χ1v) is 5.82. The molecule has 1 aliphatic rings. The Morgan fingerprint density at radius 2 is 2.28 bits per heavy atom. The molecule has 1 aliphatic heterocycles. The van der Waals surface area contributed by atoms with Crippen molar-refractivity contribution in [3.05, 3.63) is 33.3 Å². The highest BCUT2D eigenvalue weighted by atomic mass is 35.5. The number of non-ortho nitro benzene ring substituents is 1. The van der Waals surface area contributed by atoms with E-state index in [9.17, 15) is 14.9 Å². The van der Waals surface area contributed by atoms with Gasteiger partial charge in [0.2, 0.25) is 0 Å². The van der Waals surface area contributed by atoms with Gasteiger partial charge >= 0.3 is 5.97 Å². The van der Waals surface area contributed by atoms with E-state index < -0.39 is 16.9 Å². The normalized spacial score (nSPS) is 18.9. The van der Waals surface area contributed by atoms with Crippen LogP contribution in [0.5, 0.6) is 0 Å². The van der Waals surface area contributed by atoms with E-state index in [1.165, 1.54) is 18.2 Å². The van der Waals surface area contributed by atoms with Crippen LogP contribution in [0.2, 0.25) is 5.02 Å². The standard InChI is InChI=1S/C11H11ClN2O4/c12-8-6-7(14(17)18)3-4-9(8)13-5-1-2-10(13)11(15)16/h3-4,6,10H,1-2,5H2,(H,15,16). The lowest BCUT2D eigenvalue weighted by atomic mass is 10.2. The number of halogens is 1. The van der Waals surface area contributed by atoms with Crippen molar-refractivity contribution >= 4 is 28.9 Å². The van der Waals surface area contributed by atoms with Crippen LogP contribution in [0, 0.1) is 10.1 Å². The van der Waals surface area contributed by atoms with Gasteiger partial charge in [-0.3, -0.25) is 10.1 Å². The third-order valence-corrected chi connectivity index (χ3v) is 3.29. The van der Waals surface area contributed by atoms with E-state index in [0.717, 1.165) is 6.42 Å². The Hall–Kier alpha value is -1.82. The topological polar surface area (TPSA) is 83.7 Å². The molecule has 1 saturated heterocycles. The molecule has 1 heterocycles. The van der Waals surface area contributed by atoms with Crippen molar-refractivity contribution in [3.8, 4) is 0 Å². The van der Waals surface area contributed by atoms with Gasteiger partial charge in [-0.25, -0.2) is 4.79 Å².